The largest absolute Gasteiger partial charge is 0.418 e. The standard InChI is InChI=1S/C29H21F3N4O3/c1-16-25(17(2)39-36-16)35-28(38)34-20-11-6-10-19(14-20)24-21-12-7-13-23(29(30,31)32)26(21)33-15-22(24)27(37)18-8-4-3-5-9-18/h3-15H,1-2H3,(H2,34,35,38). The molecule has 2 N–H and O–H groups in total. The monoisotopic (exact) mass is 530 g/mol. The number of carbonyl (C=O) groups is 2. The first kappa shape index (κ1) is 25.7. The van der Waals surface area contributed by atoms with Crippen molar-refractivity contribution in [2.75, 3.05) is 10.6 Å². The van der Waals surface area contributed by atoms with Crippen LogP contribution in [0, 0.1) is 13.8 Å². The van der Waals surface area contributed by atoms with Crippen molar-refractivity contribution in [3.8, 4) is 11.1 Å². The van der Waals surface area contributed by atoms with Gasteiger partial charge in [-0.15, -0.1) is 0 Å². The summed E-state index contributed by atoms with van der Waals surface area (Å²) in [6, 6.07) is 18.1. The number of benzene rings is 3. The summed E-state index contributed by atoms with van der Waals surface area (Å²) >= 11 is 0. The summed E-state index contributed by atoms with van der Waals surface area (Å²) in [7, 11) is 0. The van der Waals surface area contributed by atoms with Gasteiger partial charge in [0.2, 0.25) is 0 Å². The van der Waals surface area contributed by atoms with Gasteiger partial charge in [0.1, 0.15) is 11.4 Å². The molecular formula is C29H21F3N4O3. The molecule has 0 atom stereocenters. The Morgan fingerprint density at radius 2 is 1.64 bits per heavy atom. The third-order valence-electron chi connectivity index (χ3n) is 6.16. The number of fused-ring (bicyclic) bond motifs is 1. The molecule has 10 heteroatoms. The van der Waals surface area contributed by atoms with Crippen LogP contribution in [-0.2, 0) is 6.18 Å². The van der Waals surface area contributed by atoms with Crippen LogP contribution in [0.4, 0.5) is 29.3 Å². The SMILES string of the molecule is Cc1noc(C)c1NC(=O)Nc1cccc(-c2c(C(=O)c3ccccc3)cnc3c(C(F)(F)F)cccc23)c1. The lowest BCUT2D eigenvalue weighted by Gasteiger charge is -2.16. The second kappa shape index (κ2) is 10.1. The molecule has 2 heterocycles. The molecule has 7 nitrogen and oxygen atoms in total. The Kier molecular flexibility index (Phi) is 6.61. The number of pyridine rings is 1. The van der Waals surface area contributed by atoms with Crippen LogP contribution in [0.1, 0.15) is 32.9 Å². The third kappa shape index (κ3) is 5.08. The van der Waals surface area contributed by atoms with Gasteiger partial charge < -0.3 is 15.2 Å². The number of rotatable bonds is 5. The Morgan fingerprint density at radius 3 is 2.33 bits per heavy atom. The molecule has 196 valence electrons. The number of anilines is 2. The van der Waals surface area contributed by atoms with E-state index in [1.165, 1.54) is 18.3 Å². The summed E-state index contributed by atoms with van der Waals surface area (Å²) in [4.78, 5) is 30.3. The molecule has 5 rings (SSSR count). The molecule has 0 saturated heterocycles. The first-order valence-corrected chi connectivity index (χ1v) is 11.8. The zero-order valence-electron chi connectivity index (χ0n) is 20.8. The summed E-state index contributed by atoms with van der Waals surface area (Å²) in [5.41, 5.74) is 1.29. The van der Waals surface area contributed by atoms with E-state index >= 15 is 0 Å². The molecule has 0 unspecified atom stereocenters. The van der Waals surface area contributed by atoms with Gasteiger partial charge in [0, 0.05) is 34.0 Å². The van der Waals surface area contributed by atoms with Crippen molar-refractivity contribution in [3.05, 3.63) is 107 Å². The molecule has 0 aliphatic heterocycles. The lowest BCUT2D eigenvalue weighted by Crippen LogP contribution is -2.20. The molecule has 0 saturated carbocycles. The minimum atomic E-state index is -4.64. The highest BCUT2D eigenvalue weighted by Gasteiger charge is 2.34. The van der Waals surface area contributed by atoms with Crippen LogP contribution in [0.2, 0.25) is 0 Å². The van der Waals surface area contributed by atoms with Gasteiger partial charge in [0.25, 0.3) is 0 Å². The molecule has 5 aromatic rings. The average molecular weight is 531 g/mol. The van der Waals surface area contributed by atoms with E-state index in [1.54, 1.807) is 68.4 Å². The van der Waals surface area contributed by atoms with Crippen LogP contribution in [0.3, 0.4) is 0 Å². The lowest BCUT2D eigenvalue weighted by atomic mass is 9.91. The summed E-state index contributed by atoms with van der Waals surface area (Å²) < 4.78 is 46.5. The molecule has 0 fully saturated rings. The Morgan fingerprint density at radius 1 is 0.897 bits per heavy atom. The van der Waals surface area contributed by atoms with Gasteiger partial charge in [-0.2, -0.15) is 13.2 Å². The molecule has 0 aliphatic carbocycles. The van der Waals surface area contributed by atoms with Crippen LogP contribution in [0.15, 0.2) is 83.5 Å². The first-order valence-electron chi connectivity index (χ1n) is 11.8. The summed E-state index contributed by atoms with van der Waals surface area (Å²) in [6.45, 7) is 3.34. The number of alkyl halides is 3. The zero-order valence-corrected chi connectivity index (χ0v) is 20.8. The number of urea groups is 1. The number of aromatic nitrogens is 2. The van der Waals surface area contributed by atoms with Crippen LogP contribution in [-0.4, -0.2) is 22.0 Å². The predicted octanol–water partition coefficient (Wildman–Crippen LogP) is 7.40. The number of aryl methyl sites for hydroxylation is 2. The maximum atomic E-state index is 13.8. The topological polar surface area (TPSA) is 97.1 Å². The van der Waals surface area contributed by atoms with E-state index < -0.39 is 23.6 Å². The average Bonchev–Trinajstić information content (AvgIpc) is 3.23. The van der Waals surface area contributed by atoms with Gasteiger partial charge in [-0.05, 0) is 37.6 Å². The Hall–Kier alpha value is -4.99. The van der Waals surface area contributed by atoms with E-state index in [-0.39, 0.29) is 22.0 Å². The number of nitrogens with zero attached hydrogens (tertiary/aromatic N) is 2. The van der Waals surface area contributed by atoms with Gasteiger partial charge in [-0.25, -0.2) is 4.79 Å². The maximum Gasteiger partial charge on any atom is 0.418 e. The summed E-state index contributed by atoms with van der Waals surface area (Å²) in [5, 5.41) is 9.34. The Balaban J connectivity index is 1.62. The van der Waals surface area contributed by atoms with Gasteiger partial charge in [0.15, 0.2) is 11.5 Å². The lowest BCUT2D eigenvalue weighted by molar-refractivity contribution is -0.136. The van der Waals surface area contributed by atoms with Crippen LogP contribution >= 0.6 is 0 Å². The minimum absolute atomic E-state index is 0.130. The smallest absolute Gasteiger partial charge is 0.359 e. The highest BCUT2D eigenvalue weighted by molar-refractivity contribution is 6.17. The normalized spacial score (nSPS) is 11.4. The number of halogens is 3. The van der Waals surface area contributed by atoms with Crippen LogP contribution in [0.25, 0.3) is 22.0 Å². The van der Waals surface area contributed by atoms with Crippen molar-refractivity contribution < 1.29 is 27.3 Å². The first-order chi connectivity index (χ1) is 18.6. The molecular weight excluding hydrogens is 509 g/mol. The minimum Gasteiger partial charge on any atom is -0.359 e. The highest BCUT2D eigenvalue weighted by Crippen LogP contribution is 2.39. The third-order valence-corrected chi connectivity index (χ3v) is 6.16. The number of carbonyl (C=O) groups excluding carboxylic acids is 2. The molecule has 3 aromatic carbocycles. The summed E-state index contributed by atoms with van der Waals surface area (Å²) in [5.74, 6) is 0.0381. The molecule has 0 radical (unpaired) electrons. The quantitative estimate of drug-likeness (QED) is 0.231. The fourth-order valence-electron chi connectivity index (χ4n) is 4.37. The number of amides is 2. The van der Waals surface area contributed by atoms with E-state index in [0.29, 0.717) is 34.0 Å². The number of para-hydroxylation sites is 1. The fourth-order valence-corrected chi connectivity index (χ4v) is 4.37. The van der Waals surface area contributed by atoms with E-state index in [0.717, 1.165) is 6.07 Å². The number of nitrogens with one attached hydrogen (secondary N) is 2. The Bertz CT molecular complexity index is 1690. The van der Waals surface area contributed by atoms with Crippen molar-refractivity contribution in [1.29, 1.82) is 0 Å². The predicted molar refractivity (Wildman–Crippen MR) is 141 cm³/mol. The van der Waals surface area contributed by atoms with Crippen molar-refractivity contribution >= 4 is 34.1 Å². The molecule has 2 aromatic heterocycles. The van der Waals surface area contributed by atoms with E-state index in [4.69, 9.17) is 4.52 Å². The molecule has 2 amide bonds. The van der Waals surface area contributed by atoms with Crippen molar-refractivity contribution in [2.24, 2.45) is 0 Å². The Labute approximate surface area is 220 Å². The van der Waals surface area contributed by atoms with Crippen LogP contribution in [0.5, 0.6) is 0 Å². The van der Waals surface area contributed by atoms with Gasteiger partial charge in [-0.3, -0.25) is 9.78 Å². The van der Waals surface area contributed by atoms with Gasteiger partial charge in [0.05, 0.1) is 11.1 Å². The van der Waals surface area contributed by atoms with Crippen LogP contribution < -0.4 is 10.6 Å². The van der Waals surface area contributed by atoms with Gasteiger partial charge >= 0.3 is 12.2 Å². The summed E-state index contributed by atoms with van der Waals surface area (Å²) in [6.07, 6.45) is -3.47. The van der Waals surface area contributed by atoms with Gasteiger partial charge in [-0.1, -0.05) is 59.8 Å². The number of ketones is 1. The fraction of sp³-hybridized carbons (Fsp3) is 0.103. The van der Waals surface area contributed by atoms with E-state index in [2.05, 4.69) is 20.8 Å². The number of hydrogen-bond acceptors (Lipinski definition) is 5. The molecule has 39 heavy (non-hydrogen) atoms. The van der Waals surface area contributed by atoms with Crippen molar-refractivity contribution in [1.82, 2.24) is 10.1 Å². The second-order valence-corrected chi connectivity index (χ2v) is 8.80. The molecule has 0 aliphatic rings. The molecule has 0 bridgehead atoms. The van der Waals surface area contributed by atoms with E-state index in [1.807, 2.05) is 0 Å². The zero-order chi connectivity index (χ0) is 27.7. The van der Waals surface area contributed by atoms with Crippen molar-refractivity contribution in [3.63, 3.8) is 0 Å². The second-order valence-electron chi connectivity index (χ2n) is 8.80. The van der Waals surface area contributed by atoms with Crippen molar-refractivity contribution in [2.45, 2.75) is 20.0 Å². The number of hydrogen-bond donors (Lipinski definition) is 2. The molecule has 0 spiro atoms. The van der Waals surface area contributed by atoms with E-state index in [9.17, 15) is 22.8 Å². The maximum absolute atomic E-state index is 13.8. The highest BCUT2D eigenvalue weighted by atomic mass is 19.4.